The Bertz CT molecular complexity index is 534. The fourth-order valence-electron chi connectivity index (χ4n) is 1.93. The summed E-state index contributed by atoms with van der Waals surface area (Å²) in [7, 11) is 1.80. The fraction of sp³-hybridized carbons (Fsp3) is 0.500. The van der Waals surface area contributed by atoms with Crippen molar-refractivity contribution in [2.45, 2.75) is 37.9 Å². The number of hydrogen-bond donors (Lipinski definition) is 0. The van der Waals surface area contributed by atoms with E-state index in [9.17, 15) is 13.2 Å². The molecule has 0 saturated heterocycles. The smallest absolute Gasteiger partial charge is 0.243 e. The van der Waals surface area contributed by atoms with E-state index in [2.05, 4.69) is 0 Å². The van der Waals surface area contributed by atoms with Gasteiger partial charge in [0.15, 0.2) is 5.78 Å². The molecular formula is C14H20BNO3S. The number of nitrogens with zero attached hydrogens (tertiary/aromatic N) is 1. The van der Waals surface area contributed by atoms with Crippen molar-refractivity contribution in [3.8, 4) is 0 Å². The molecule has 0 bridgehead atoms. The molecule has 20 heavy (non-hydrogen) atoms. The molecule has 0 atom stereocenters. The lowest BCUT2D eigenvalue weighted by Gasteiger charge is -2.21. The van der Waals surface area contributed by atoms with Gasteiger partial charge in [0.1, 0.15) is 0 Å². The van der Waals surface area contributed by atoms with Gasteiger partial charge in [-0.1, -0.05) is 26.0 Å². The van der Waals surface area contributed by atoms with Gasteiger partial charge >= 0.3 is 0 Å². The van der Waals surface area contributed by atoms with Crippen molar-refractivity contribution in [1.29, 1.82) is 0 Å². The third-order valence-electron chi connectivity index (χ3n) is 2.95. The molecule has 0 unspecified atom stereocenters. The van der Waals surface area contributed by atoms with E-state index in [0.29, 0.717) is 18.7 Å². The van der Waals surface area contributed by atoms with Crippen LogP contribution in [-0.2, 0) is 10.0 Å². The summed E-state index contributed by atoms with van der Waals surface area (Å²) in [5, 5.41) is 0. The molecule has 0 spiro atoms. The molecule has 1 aromatic carbocycles. The number of rotatable bonds is 8. The van der Waals surface area contributed by atoms with Gasteiger partial charge in [0.05, 0.1) is 12.7 Å². The number of carbonyl (C=O) groups excluding carboxylic acids is 1. The van der Waals surface area contributed by atoms with Gasteiger partial charge in [0.25, 0.3) is 0 Å². The SMILES string of the molecule is [B]CC(=O)c1ccc(S(=O)(=O)N(CCC)CCC)cc1. The molecule has 0 aliphatic heterocycles. The predicted octanol–water partition coefficient (Wildman–Crippen LogP) is 2.27. The molecule has 0 aliphatic carbocycles. The Hall–Kier alpha value is -1.14. The average molecular weight is 293 g/mol. The van der Waals surface area contributed by atoms with Crippen LogP contribution in [0.2, 0.25) is 6.32 Å². The highest BCUT2D eigenvalue weighted by molar-refractivity contribution is 7.89. The van der Waals surface area contributed by atoms with Gasteiger partial charge in [-0.3, -0.25) is 4.79 Å². The maximum atomic E-state index is 12.5. The highest BCUT2D eigenvalue weighted by atomic mass is 32.2. The Morgan fingerprint density at radius 3 is 2.00 bits per heavy atom. The summed E-state index contributed by atoms with van der Waals surface area (Å²) in [6.45, 7) is 4.89. The van der Waals surface area contributed by atoms with Gasteiger partial charge in [-0.2, -0.15) is 4.31 Å². The van der Waals surface area contributed by atoms with Crippen LogP contribution in [0.4, 0.5) is 0 Å². The van der Waals surface area contributed by atoms with E-state index in [1.165, 1.54) is 28.6 Å². The Labute approximate surface area is 122 Å². The minimum absolute atomic E-state index is 0.0795. The van der Waals surface area contributed by atoms with Crippen molar-refractivity contribution in [1.82, 2.24) is 4.31 Å². The average Bonchev–Trinajstić information content (AvgIpc) is 2.46. The van der Waals surface area contributed by atoms with E-state index in [0.717, 1.165) is 12.8 Å². The molecule has 0 saturated carbocycles. The Morgan fingerprint density at radius 2 is 1.60 bits per heavy atom. The predicted molar refractivity (Wildman–Crippen MR) is 80.7 cm³/mol. The van der Waals surface area contributed by atoms with Gasteiger partial charge in [-0.25, -0.2) is 8.42 Å². The molecule has 0 aliphatic rings. The fourth-order valence-corrected chi connectivity index (χ4v) is 3.55. The molecule has 0 N–H and O–H groups in total. The lowest BCUT2D eigenvalue weighted by molar-refractivity contribution is 0.101. The van der Waals surface area contributed by atoms with Crippen LogP contribution in [0.1, 0.15) is 37.0 Å². The molecule has 1 aromatic rings. The normalized spacial score (nSPS) is 11.8. The van der Waals surface area contributed by atoms with Crippen LogP contribution in [-0.4, -0.2) is 39.4 Å². The molecule has 1 rings (SSSR count). The Balaban J connectivity index is 3.05. The maximum absolute atomic E-state index is 12.5. The maximum Gasteiger partial charge on any atom is 0.243 e. The zero-order chi connectivity index (χ0) is 15.2. The van der Waals surface area contributed by atoms with Gasteiger partial charge in [0, 0.05) is 18.7 Å². The van der Waals surface area contributed by atoms with Crippen molar-refractivity contribution >= 4 is 23.7 Å². The second kappa shape index (κ2) is 7.60. The minimum atomic E-state index is -3.48. The van der Waals surface area contributed by atoms with Crippen LogP contribution in [0, 0.1) is 0 Å². The van der Waals surface area contributed by atoms with Crippen molar-refractivity contribution < 1.29 is 13.2 Å². The first-order chi connectivity index (χ1) is 9.47. The first-order valence-electron chi connectivity index (χ1n) is 6.80. The van der Waals surface area contributed by atoms with Crippen LogP contribution < -0.4 is 0 Å². The number of ketones is 1. The monoisotopic (exact) mass is 293 g/mol. The second-order valence-corrected chi connectivity index (χ2v) is 6.49. The lowest BCUT2D eigenvalue weighted by atomic mass is 9.96. The summed E-state index contributed by atoms with van der Waals surface area (Å²) in [6.07, 6.45) is 1.45. The molecule has 4 nitrogen and oxygen atoms in total. The highest BCUT2D eigenvalue weighted by Crippen LogP contribution is 2.17. The van der Waals surface area contributed by atoms with Crippen LogP contribution in [0.5, 0.6) is 0 Å². The van der Waals surface area contributed by atoms with Gasteiger partial charge < -0.3 is 0 Å². The molecule has 0 aromatic heterocycles. The van der Waals surface area contributed by atoms with Crippen molar-refractivity contribution in [3.05, 3.63) is 29.8 Å². The summed E-state index contributed by atoms with van der Waals surface area (Å²) in [4.78, 5) is 11.6. The summed E-state index contributed by atoms with van der Waals surface area (Å²) < 4.78 is 26.4. The standard InChI is InChI=1S/C14H20BNO3S/c1-3-9-16(10-4-2)20(18,19)13-7-5-12(6-8-13)14(17)11-15/h5-8H,3-4,9-11H2,1-2H3. The third kappa shape index (κ3) is 3.93. The van der Waals surface area contributed by atoms with E-state index in [1.54, 1.807) is 0 Å². The number of carbonyl (C=O) groups is 1. The molecule has 0 amide bonds. The van der Waals surface area contributed by atoms with E-state index >= 15 is 0 Å². The van der Waals surface area contributed by atoms with E-state index in [4.69, 9.17) is 7.85 Å². The van der Waals surface area contributed by atoms with Crippen LogP contribution in [0.25, 0.3) is 0 Å². The van der Waals surface area contributed by atoms with E-state index in [-0.39, 0.29) is 17.0 Å². The third-order valence-corrected chi connectivity index (χ3v) is 4.86. The topological polar surface area (TPSA) is 54.5 Å². The largest absolute Gasteiger partial charge is 0.295 e. The van der Waals surface area contributed by atoms with E-state index in [1.807, 2.05) is 13.8 Å². The van der Waals surface area contributed by atoms with Gasteiger partial charge in [-0.05, 0) is 31.3 Å². The highest BCUT2D eigenvalue weighted by Gasteiger charge is 2.22. The second-order valence-electron chi connectivity index (χ2n) is 4.56. The molecule has 2 radical (unpaired) electrons. The first-order valence-corrected chi connectivity index (χ1v) is 8.24. The number of benzene rings is 1. The minimum Gasteiger partial charge on any atom is -0.295 e. The summed E-state index contributed by atoms with van der Waals surface area (Å²) >= 11 is 0. The molecule has 6 heteroatoms. The zero-order valence-electron chi connectivity index (χ0n) is 12.0. The zero-order valence-corrected chi connectivity index (χ0v) is 12.8. The summed E-state index contributed by atoms with van der Waals surface area (Å²) in [5.41, 5.74) is 0.434. The van der Waals surface area contributed by atoms with Crippen molar-refractivity contribution in [3.63, 3.8) is 0 Å². The molecule has 108 valence electrons. The van der Waals surface area contributed by atoms with Crippen molar-refractivity contribution in [2.24, 2.45) is 0 Å². The van der Waals surface area contributed by atoms with Gasteiger partial charge in [0.2, 0.25) is 10.0 Å². The number of Topliss-reactive ketones (excluding diaryl/α,β-unsaturated/α-hetero) is 1. The van der Waals surface area contributed by atoms with Crippen LogP contribution in [0.15, 0.2) is 29.2 Å². The van der Waals surface area contributed by atoms with E-state index < -0.39 is 10.0 Å². The summed E-state index contributed by atoms with van der Waals surface area (Å²) in [5.74, 6) is -0.201. The molecular weight excluding hydrogens is 273 g/mol. The number of sulfonamides is 1. The quantitative estimate of drug-likeness (QED) is 0.546. The Morgan fingerprint density at radius 1 is 1.10 bits per heavy atom. The van der Waals surface area contributed by atoms with Gasteiger partial charge in [-0.15, -0.1) is 0 Å². The number of hydrogen-bond acceptors (Lipinski definition) is 3. The molecule has 0 fully saturated rings. The first kappa shape index (κ1) is 16.9. The molecule has 0 heterocycles. The van der Waals surface area contributed by atoms with Crippen molar-refractivity contribution in [2.75, 3.05) is 13.1 Å². The summed E-state index contributed by atoms with van der Waals surface area (Å²) in [6, 6.07) is 5.96. The lowest BCUT2D eigenvalue weighted by Crippen LogP contribution is -2.32. The van der Waals surface area contributed by atoms with Crippen LogP contribution in [0.3, 0.4) is 0 Å². The van der Waals surface area contributed by atoms with Crippen LogP contribution >= 0.6 is 0 Å². The Kier molecular flexibility index (Phi) is 6.42.